The highest BCUT2D eigenvalue weighted by atomic mass is 19.2. The number of rotatable bonds is 0. The van der Waals surface area contributed by atoms with Gasteiger partial charge in [0, 0.05) is 75.2 Å². The normalized spacial score (nSPS) is 16.2. The quantitative estimate of drug-likeness (QED) is 0.295. The van der Waals surface area contributed by atoms with E-state index < -0.39 is 17.5 Å². The molecule has 5 rings (SSSR count). The summed E-state index contributed by atoms with van der Waals surface area (Å²) < 4.78 is 43.8. The summed E-state index contributed by atoms with van der Waals surface area (Å²) in [7, 11) is 0. The molecule has 0 unspecified atom stereocenters. The maximum atomic E-state index is 14.9. The molecular formula is C24H9F3N4. The molecule has 0 N–H and O–H groups in total. The summed E-state index contributed by atoms with van der Waals surface area (Å²) in [5.41, 5.74) is 2.59. The summed E-state index contributed by atoms with van der Waals surface area (Å²) >= 11 is 0. The van der Waals surface area contributed by atoms with Crippen molar-refractivity contribution in [2.45, 2.75) is 0 Å². The van der Waals surface area contributed by atoms with Gasteiger partial charge in [-0.05, 0) is 12.1 Å². The van der Waals surface area contributed by atoms with E-state index in [1.165, 1.54) is 0 Å². The molecule has 1 aromatic carbocycles. The molecule has 0 radical (unpaired) electrons. The highest BCUT2D eigenvalue weighted by Gasteiger charge is 2.39. The standard InChI is InChI=1S/C24H9F3N4/c25-16-11-17(26)22(27)21-13(6-8-29)18(12(5-7-28)20(16)21)19-14-3-1-9-30-23(14)24-15(19)4-2-10-31-24/h1-6,9-11H/b12-5-,13-6-. The molecule has 2 aliphatic rings. The largest absolute Gasteiger partial charge is 0.254 e. The van der Waals surface area contributed by atoms with Crippen molar-refractivity contribution in [3.05, 3.63) is 100 Å². The summed E-state index contributed by atoms with van der Waals surface area (Å²) in [6, 6.07) is 11.1. The van der Waals surface area contributed by atoms with Gasteiger partial charge in [-0.3, -0.25) is 9.97 Å². The van der Waals surface area contributed by atoms with Gasteiger partial charge in [-0.25, -0.2) is 13.2 Å². The first-order valence-corrected chi connectivity index (χ1v) is 9.12. The molecule has 2 heterocycles. The molecule has 4 nitrogen and oxygen atoms in total. The number of allylic oxidation sites excluding steroid dienone is 5. The fourth-order valence-corrected chi connectivity index (χ4v) is 4.20. The minimum absolute atomic E-state index is 0.00333. The van der Waals surface area contributed by atoms with E-state index in [-0.39, 0.29) is 27.8 Å². The molecule has 0 aliphatic heterocycles. The van der Waals surface area contributed by atoms with Crippen molar-refractivity contribution in [3.8, 4) is 23.5 Å². The van der Waals surface area contributed by atoms with Crippen LogP contribution < -0.4 is 0 Å². The average Bonchev–Trinajstić information content (AvgIpc) is 3.26. The zero-order valence-electron chi connectivity index (χ0n) is 15.6. The zero-order valence-corrected chi connectivity index (χ0v) is 15.6. The number of pyridine rings is 2. The number of benzene rings is 1. The van der Waals surface area contributed by atoms with Crippen LogP contribution in [0.1, 0.15) is 22.3 Å². The topological polar surface area (TPSA) is 73.4 Å². The summed E-state index contributed by atoms with van der Waals surface area (Å²) in [6.45, 7) is 0. The highest BCUT2D eigenvalue weighted by Crippen LogP contribution is 2.54. The average molecular weight is 410 g/mol. The predicted octanol–water partition coefficient (Wildman–Crippen LogP) is 5.20. The summed E-state index contributed by atoms with van der Waals surface area (Å²) in [5.74, 6) is -3.68. The van der Waals surface area contributed by atoms with Crippen LogP contribution in [-0.4, -0.2) is 9.97 Å². The Balaban J connectivity index is 2.00. The lowest BCUT2D eigenvalue weighted by molar-refractivity contribution is 0.492. The maximum Gasteiger partial charge on any atom is 0.167 e. The second kappa shape index (κ2) is 6.79. The Hall–Kier alpha value is -4.49. The van der Waals surface area contributed by atoms with Crippen molar-refractivity contribution in [2.75, 3.05) is 0 Å². The number of hydrogen-bond acceptors (Lipinski definition) is 4. The van der Waals surface area contributed by atoms with Gasteiger partial charge in [-0.1, -0.05) is 12.1 Å². The van der Waals surface area contributed by atoms with Crippen LogP contribution in [0.4, 0.5) is 13.2 Å². The number of fused-ring (bicyclic) bond motifs is 4. The van der Waals surface area contributed by atoms with Crippen LogP contribution >= 0.6 is 0 Å². The van der Waals surface area contributed by atoms with Gasteiger partial charge < -0.3 is 0 Å². The molecule has 7 heteroatoms. The number of aromatic nitrogens is 2. The van der Waals surface area contributed by atoms with Crippen molar-refractivity contribution in [3.63, 3.8) is 0 Å². The summed E-state index contributed by atoms with van der Waals surface area (Å²) in [4.78, 5) is 8.78. The molecular weight excluding hydrogens is 401 g/mol. The van der Waals surface area contributed by atoms with Gasteiger partial charge in [0.05, 0.1) is 23.5 Å². The first-order chi connectivity index (χ1) is 15.1. The Kier molecular flexibility index (Phi) is 4.06. The van der Waals surface area contributed by atoms with Crippen molar-refractivity contribution in [2.24, 2.45) is 0 Å². The van der Waals surface area contributed by atoms with Crippen molar-refractivity contribution in [1.82, 2.24) is 9.97 Å². The lowest BCUT2D eigenvalue weighted by atomic mass is 9.91. The van der Waals surface area contributed by atoms with E-state index >= 15 is 0 Å². The number of hydrogen-bond donors (Lipinski definition) is 0. The van der Waals surface area contributed by atoms with Gasteiger partial charge >= 0.3 is 0 Å². The third-order valence-electron chi connectivity index (χ3n) is 5.29. The molecule has 0 bridgehead atoms. The molecule has 0 atom stereocenters. The molecule has 3 aromatic rings. The van der Waals surface area contributed by atoms with Gasteiger partial charge in [-0.15, -0.1) is 0 Å². The number of halogens is 3. The van der Waals surface area contributed by atoms with E-state index in [0.717, 1.165) is 12.2 Å². The van der Waals surface area contributed by atoms with E-state index in [9.17, 15) is 23.7 Å². The molecule has 31 heavy (non-hydrogen) atoms. The van der Waals surface area contributed by atoms with Crippen LogP contribution in [0.15, 0.2) is 60.5 Å². The van der Waals surface area contributed by atoms with Crippen molar-refractivity contribution in [1.29, 1.82) is 10.5 Å². The molecule has 0 fully saturated rings. The Morgan fingerprint density at radius 3 is 1.84 bits per heavy atom. The van der Waals surface area contributed by atoms with Crippen LogP contribution in [0.5, 0.6) is 0 Å². The molecule has 2 aliphatic carbocycles. The summed E-state index contributed by atoms with van der Waals surface area (Å²) in [5, 5.41) is 18.8. The first-order valence-electron chi connectivity index (χ1n) is 9.12. The Morgan fingerprint density at radius 2 is 1.29 bits per heavy atom. The lowest BCUT2D eigenvalue weighted by Crippen LogP contribution is -1.97. The van der Waals surface area contributed by atoms with Crippen LogP contribution in [0, 0.1) is 40.1 Å². The predicted molar refractivity (Wildman–Crippen MR) is 107 cm³/mol. The van der Waals surface area contributed by atoms with Gasteiger partial charge in [-0.2, -0.15) is 10.5 Å². The smallest absolute Gasteiger partial charge is 0.167 e. The number of nitriles is 2. The van der Waals surface area contributed by atoms with Crippen molar-refractivity contribution >= 4 is 16.7 Å². The fraction of sp³-hybridized carbons (Fsp3) is 0. The Bertz CT molecular complexity index is 1440. The number of nitrogens with zero attached hydrogens (tertiary/aromatic N) is 4. The second-order valence-electron chi connectivity index (χ2n) is 6.83. The van der Waals surface area contributed by atoms with Crippen molar-refractivity contribution < 1.29 is 13.2 Å². The van der Waals surface area contributed by atoms with E-state index in [0.29, 0.717) is 34.2 Å². The molecule has 2 aromatic heterocycles. The van der Waals surface area contributed by atoms with Crippen LogP contribution in [-0.2, 0) is 0 Å². The third-order valence-corrected chi connectivity index (χ3v) is 5.29. The third kappa shape index (κ3) is 2.47. The molecule has 0 saturated carbocycles. The Morgan fingerprint density at radius 1 is 0.742 bits per heavy atom. The fourth-order valence-electron chi connectivity index (χ4n) is 4.20. The van der Waals surface area contributed by atoms with E-state index in [4.69, 9.17) is 0 Å². The zero-order chi connectivity index (χ0) is 21.7. The minimum atomic E-state index is -1.38. The summed E-state index contributed by atoms with van der Waals surface area (Å²) in [6.07, 6.45) is 5.30. The van der Waals surface area contributed by atoms with Gasteiger partial charge in [0.2, 0.25) is 0 Å². The molecule has 0 amide bonds. The molecule has 146 valence electrons. The van der Waals surface area contributed by atoms with Crippen LogP contribution in [0.3, 0.4) is 0 Å². The van der Waals surface area contributed by atoms with Gasteiger partial charge in [0.25, 0.3) is 0 Å². The van der Waals surface area contributed by atoms with Gasteiger partial charge in [0.1, 0.15) is 5.82 Å². The van der Waals surface area contributed by atoms with E-state index in [1.807, 2.05) is 12.1 Å². The highest BCUT2D eigenvalue weighted by molar-refractivity contribution is 6.19. The van der Waals surface area contributed by atoms with E-state index in [1.54, 1.807) is 36.7 Å². The van der Waals surface area contributed by atoms with E-state index in [2.05, 4.69) is 9.97 Å². The molecule has 0 saturated heterocycles. The monoisotopic (exact) mass is 410 g/mol. The minimum Gasteiger partial charge on any atom is -0.254 e. The molecule has 0 spiro atoms. The van der Waals surface area contributed by atoms with Crippen LogP contribution in [0.2, 0.25) is 0 Å². The maximum absolute atomic E-state index is 14.9. The van der Waals surface area contributed by atoms with Gasteiger partial charge in [0.15, 0.2) is 11.6 Å². The lowest BCUT2D eigenvalue weighted by Gasteiger charge is -2.11. The SMILES string of the molecule is N#C/C=C1/C(=C2c3cccnc3-c3ncccc32)/C(=C/C#N)c2c(F)c(F)cc(F)c21. The Labute approximate surface area is 174 Å². The second-order valence-corrected chi connectivity index (χ2v) is 6.83. The van der Waals surface area contributed by atoms with Crippen LogP contribution in [0.25, 0.3) is 28.1 Å². The first kappa shape index (κ1) is 18.5.